The summed E-state index contributed by atoms with van der Waals surface area (Å²) in [6.07, 6.45) is 2.25. The fourth-order valence-corrected chi connectivity index (χ4v) is 15.5. The molecule has 9 nitrogen and oxygen atoms in total. The van der Waals surface area contributed by atoms with E-state index < -0.39 is 54.5 Å². The van der Waals surface area contributed by atoms with Crippen molar-refractivity contribution >= 4 is 41.7 Å². The third-order valence-corrected chi connectivity index (χ3v) is 19.3. The van der Waals surface area contributed by atoms with Crippen LogP contribution in [0.4, 0.5) is 28.2 Å². The molecule has 328 valence electrons. The number of phenols is 1. The van der Waals surface area contributed by atoms with Crippen LogP contribution < -0.4 is 9.75 Å². The Kier molecular flexibility index (Phi) is 12.3. The summed E-state index contributed by atoms with van der Waals surface area (Å²) < 4.78 is 77.9. The van der Waals surface area contributed by atoms with Crippen molar-refractivity contribution in [1.82, 2.24) is 19.9 Å². The molecule has 0 saturated carbocycles. The lowest BCUT2D eigenvalue weighted by atomic mass is 9.92. The van der Waals surface area contributed by atoms with Crippen molar-refractivity contribution < 1.29 is 36.9 Å². The minimum atomic E-state index is -2.40. The van der Waals surface area contributed by atoms with Gasteiger partial charge in [0.15, 0.2) is 11.6 Å². The minimum Gasteiger partial charge on any atom is -0.508 e. The maximum absolute atomic E-state index is 17.7. The van der Waals surface area contributed by atoms with Gasteiger partial charge in [-0.25, -0.2) is 27.4 Å². The van der Waals surface area contributed by atoms with Gasteiger partial charge >= 0.3 is 12.1 Å². The number of aromatic nitrogens is 2. The van der Waals surface area contributed by atoms with Crippen LogP contribution in [0.3, 0.4) is 0 Å². The minimum absolute atomic E-state index is 0.0155. The second-order valence-electron chi connectivity index (χ2n) is 19.1. The van der Waals surface area contributed by atoms with Gasteiger partial charge in [-0.05, 0) is 106 Å². The molecule has 14 heteroatoms. The van der Waals surface area contributed by atoms with Crippen molar-refractivity contribution in [1.29, 1.82) is 0 Å². The van der Waals surface area contributed by atoms with E-state index in [0.29, 0.717) is 31.2 Å². The highest BCUT2D eigenvalue weighted by molar-refractivity contribution is 6.90. The predicted molar refractivity (Wildman–Crippen MR) is 235 cm³/mol. The van der Waals surface area contributed by atoms with Crippen LogP contribution in [0.2, 0.25) is 16.6 Å². The van der Waals surface area contributed by atoms with E-state index in [1.54, 1.807) is 25.8 Å². The number of carbonyl (C=O) groups is 1. The number of hydrazine groups is 1. The highest BCUT2D eigenvalue weighted by Crippen LogP contribution is 2.45. The Labute approximate surface area is 357 Å². The van der Waals surface area contributed by atoms with Crippen LogP contribution in [0, 0.1) is 28.9 Å². The van der Waals surface area contributed by atoms with Gasteiger partial charge in [0, 0.05) is 37.0 Å². The summed E-state index contributed by atoms with van der Waals surface area (Å²) in [7, 11) is -2.40. The molecule has 0 unspecified atom stereocenters. The quantitative estimate of drug-likeness (QED) is 0.106. The number of amides is 1. The Hall–Kier alpha value is -4.61. The molecule has 3 aliphatic rings. The zero-order valence-electron chi connectivity index (χ0n) is 36.9. The average molecular weight is 862 g/mol. The Bertz CT molecular complexity index is 2370. The molecule has 0 aliphatic carbocycles. The summed E-state index contributed by atoms with van der Waals surface area (Å²) in [5, 5.41) is 14.5. The largest absolute Gasteiger partial charge is 0.508 e. The molecule has 3 aliphatic heterocycles. The van der Waals surface area contributed by atoms with Gasteiger partial charge in [0.25, 0.3) is 0 Å². The molecule has 1 aromatic heterocycles. The van der Waals surface area contributed by atoms with E-state index in [1.165, 1.54) is 29.3 Å². The van der Waals surface area contributed by atoms with Crippen molar-refractivity contribution in [2.24, 2.45) is 0 Å². The van der Waals surface area contributed by atoms with E-state index in [1.807, 2.05) is 0 Å². The van der Waals surface area contributed by atoms with E-state index in [4.69, 9.17) is 14.5 Å². The van der Waals surface area contributed by atoms with Crippen LogP contribution in [-0.2, 0) is 4.74 Å². The third kappa shape index (κ3) is 8.36. The van der Waals surface area contributed by atoms with Gasteiger partial charge in [-0.1, -0.05) is 53.5 Å². The average Bonchev–Trinajstić information content (AvgIpc) is 3.57. The Morgan fingerprint density at radius 3 is 2.34 bits per heavy atom. The molecule has 2 atom stereocenters. The van der Waals surface area contributed by atoms with Crippen LogP contribution in [-0.4, -0.2) is 89.2 Å². The molecule has 3 fully saturated rings. The normalized spacial score (nSPS) is 20.2. The highest BCUT2D eigenvalue weighted by Gasteiger charge is 2.49. The van der Waals surface area contributed by atoms with E-state index in [-0.39, 0.29) is 87.7 Å². The molecule has 0 radical (unpaired) electrons. The van der Waals surface area contributed by atoms with Gasteiger partial charge in [-0.2, -0.15) is 9.97 Å². The summed E-state index contributed by atoms with van der Waals surface area (Å²) in [6.45, 7) is 19.7. The first-order valence-corrected chi connectivity index (χ1v) is 24.0. The predicted octanol–water partition coefficient (Wildman–Crippen LogP) is 11.2. The van der Waals surface area contributed by atoms with Crippen LogP contribution in [0.15, 0.2) is 30.3 Å². The zero-order valence-corrected chi connectivity index (χ0v) is 37.9. The number of hydrogen-bond donors (Lipinski definition) is 1. The summed E-state index contributed by atoms with van der Waals surface area (Å²) >= 11 is 0. The van der Waals surface area contributed by atoms with E-state index in [0.717, 1.165) is 25.5 Å². The molecule has 3 saturated heterocycles. The standard InChI is InChI=1S/C47H59F4N5O4Si/c1-28(2)61(29(3)4,30(5)6)21-16-34-37(49)15-14-31-22-33(57)23-35(39(31)34)40-38(50)24-36-42(41(40)51)52-44(59-27-47-17-13-18-54(47)26-32(48)25-47)53-43(36)55-19-11-10-12-20-56(55)45(58)60-46(7,8)9/h14-15,22-24,28-30,32,57H,10-13,17-20,25-27H2,1-9H3/t32-,47+/m1/s1. The van der Waals surface area contributed by atoms with Crippen LogP contribution in [0.1, 0.15) is 106 Å². The number of carbonyl (C=O) groups excluding carboxylic acids is 1. The molecule has 4 aromatic rings. The number of ether oxygens (including phenoxy) is 2. The lowest BCUT2D eigenvalue weighted by molar-refractivity contribution is 0.0232. The lowest BCUT2D eigenvalue weighted by Gasteiger charge is -2.38. The Morgan fingerprint density at radius 1 is 0.951 bits per heavy atom. The number of nitrogens with zero attached hydrogens (tertiary/aromatic N) is 5. The number of hydrogen-bond acceptors (Lipinski definition) is 8. The molecule has 3 aromatic carbocycles. The lowest BCUT2D eigenvalue weighted by Crippen LogP contribution is -2.49. The molecular weight excluding hydrogens is 803 g/mol. The van der Waals surface area contributed by atoms with Gasteiger partial charge in [-0.15, -0.1) is 5.54 Å². The number of alkyl halides is 1. The molecule has 7 rings (SSSR count). The number of benzene rings is 3. The molecule has 1 N–H and O–H groups in total. The number of phenolic OH excluding ortho intramolecular Hbond substituents is 1. The molecule has 4 heterocycles. The zero-order chi connectivity index (χ0) is 44.2. The first kappa shape index (κ1) is 44.4. The van der Waals surface area contributed by atoms with Gasteiger partial charge in [-0.3, -0.25) is 9.91 Å². The SMILES string of the molecule is CC(C)[Si](C#Cc1c(F)ccc2cc(O)cc(-c3c(F)cc4c(N5CCCCCN5C(=O)OC(C)(C)C)nc(OC[C@@]56CCCN5C[C@H](F)C6)nc4c3F)c12)(C(C)C)C(C)C. The number of halogens is 4. The Morgan fingerprint density at radius 2 is 1.66 bits per heavy atom. The first-order chi connectivity index (χ1) is 28.8. The highest BCUT2D eigenvalue weighted by atomic mass is 28.3. The van der Waals surface area contributed by atoms with Crippen molar-refractivity contribution in [2.45, 2.75) is 135 Å². The summed E-state index contributed by atoms with van der Waals surface area (Å²) in [6, 6.07) is 6.24. The molecule has 0 bridgehead atoms. The van der Waals surface area contributed by atoms with Crippen molar-refractivity contribution in [3.05, 3.63) is 53.3 Å². The first-order valence-electron chi connectivity index (χ1n) is 21.7. The fraction of sp³-hybridized carbons (Fsp3) is 0.553. The molecule has 0 spiro atoms. The maximum Gasteiger partial charge on any atom is 0.429 e. The van der Waals surface area contributed by atoms with E-state index in [9.17, 15) is 14.3 Å². The topological polar surface area (TPSA) is 91.3 Å². The van der Waals surface area contributed by atoms with Gasteiger partial charge in [0.1, 0.15) is 49.4 Å². The molecular formula is C47H59F4N5O4Si. The second-order valence-corrected chi connectivity index (χ2v) is 24.7. The molecule has 61 heavy (non-hydrogen) atoms. The smallest absolute Gasteiger partial charge is 0.429 e. The number of anilines is 1. The number of aromatic hydroxyl groups is 1. The van der Waals surface area contributed by atoms with Crippen molar-refractivity contribution in [2.75, 3.05) is 37.8 Å². The summed E-state index contributed by atoms with van der Waals surface area (Å²) in [4.78, 5) is 25.2. The third-order valence-electron chi connectivity index (χ3n) is 13.0. The molecule has 1 amide bonds. The van der Waals surface area contributed by atoms with Gasteiger partial charge in [0.05, 0.1) is 22.1 Å². The van der Waals surface area contributed by atoms with Crippen LogP contribution in [0.5, 0.6) is 11.8 Å². The van der Waals surface area contributed by atoms with E-state index in [2.05, 4.69) is 62.9 Å². The fourth-order valence-electron chi connectivity index (χ4n) is 10.3. The summed E-state index contributed by atoms with van der Waals surface area (Å²) in [5.41, 5.74) is 1.88. The number of rotatable bonds is 8. The van der Waals surface area contributed by atoms with Crippen molar-refractivity contribution in [3.8, 4) is 34.4 Å². The van der Waals surface area contributed by atoms with Gasteiger partial charge < -0.3 is 14.6 Å². The van der Waals surface area contributed by atoms with E-state index >= 15 is 13.2 Å². The Balaban J connectivity index is 1.46. The van der Waals surface area contributed by atoms with Crippen molar-refractivity contribution in [3.63, 3.8) is 0 Å². The van der Waals surface area contributed by atoms with Gasteiger partial charge in [0.2, 0.25) is 0 Å². The number of fused-ring (bicyclic) bond motifs is 3. The van der Waals surface area contributed by atoms with Crippen LogP contribution >= 0.6 is 0 Å². The summed E-state index contributed by atoms with van der Waals surface area (Å²) in [5.74, 6) is 0.163. The van der Waals surface area contributed by atoms with Crippen LogP contribution in [0.25, 0.3) is 32.8 Å². The maximum atomic E-state index is 17.7. The monoisotopic (exact) mass is 861 g/mol. The second kappa shape index (κ2) is 16.9.